The Morgan fingerprint density at radius 1 is 1.06 bits per heavy atom. The van der Waals surface area contributed by atoms with Crippen LogP contribution in [0.15, 0.2) is 66.7 Å². The van der Waals surface area contributed by atoms with Crippen LogP contribution in [0.5, 0.6) is 17.2 Å². The number of hydrogen-bond donors (Lipinski definition) is 1. The van der Waals surface area contributed by atoms with Gasteiger partial charge in [-0.2, -0.15) is 0 Å². The van der Waals surface area contributed by atoms with E-state index < -0.39 is 0 Å². The molecular formula is C27H29NO5. The van der Waals surface area contributed by atoms with Crippen LogP contribution in [0.3, 0.4) is 0 Å². The summed E-state index contributed by atoms with van der Waals surface area (Å²) in [6.07, 6.45) is 0.927. The van der Waals surface area contributed by atoms with E-state index in [1.54, 1.807) is 17.9 Å². The molecule has 1 heterocycles. The van der Waals surface area contributed by atoms with E-state index in [9.17, 15) is 9.90 Å². The zero-order valence-corrected chi connectivity index (χ0v) is 19.0. The van der Waals surface area contributed by atoms with Crippen molar-refractivity contribution in [2.24, 2.45) is 0 Å². The molecule has 3 aromatic carbocycles. The number of carbonyl (C=O) groups is 1. The fraction of sp³-hybridized carbons (Fsp3) is 0.296. The number of methoxy groups -OCH3 is 1. The molecule has 0 fully saturated rings. The Bertz CT molecular complexity index is 1080. The van der Waals surface area contributed by atoms with Crippen molar-refractivity contribution in [3.8, 4) is 17.2 Å². The van der Waals surface area contributed by atoms with E-state index in [2.05, 4.69) is 0 Å². The summed E-state index contributed by atoms with van der Waals surface area (Å²) in [6, 6.07) is 21.3. The molecule has 0 saturated heterocycles. The number of nitrogens with zero attached hydrogens (tertiary/aromatic N) is 1. The number of aromatic hydroxyl groups is 1. The molecule has 1 N–H and O–H groups in total. The van der Waals surface area contributed by atoms with Crippen LogP contribution in [-0.4, -0.2) is 36.4 Å². The molecule has 0 radical (unpaired) electrons. The molecule has 6 heteroatoms. The van der Waals surface area contributed by atoms with E-state index in [0.717, 1.165) is 28.0 Å². The zero-order chi connectivity index (χ0) is 23.2. The van der Waals surface area contributed by atoms with E-state index in [4.69, 9.17) is 14.2 Å². The molecule has 3 aromatic rings. The molecule has 0 saturated carbocycles. The molecule has 1 amide bonds. The lowest BCUT2D eigenvalue weighted by Gasteiger charge is -2.37. The van der Waals surface area contributed by atoms with Gasteiger partial charge in [-0.25, -0.2) is 4.79 Å². The average Bonchev–Trinajstić information content (AvgIpc) is 2.84. The van der Waals surface area contributed by atoms with Gasteiger partial charge in [-0.15, -0.1) is 0 Å². The van der Waals surface area contributed by atoms with Crippen molar-refractivity contribution in [2.45, 2.75) is 32.4 Å². The molecule has 1 aliphatic heterocycles. The fourth-order valence-corrected chi connectivity index (χ4v) is 4.21. The number of fused-ring (bicyclic) bond motifs is 1. The summed E-state index contributed by atoms with van der Waals surface area (Å²) in [6.45, 7) is 3.17. The highest BCUT2D eigenvalue weighted by Crippen LogP contribution is 2.39. The third kappa shape index (κ3) is 5.22. The second kappa shape index (κ2) is 10.3. The van der Waals surface area contributed by atoms with Crippen molar-refractivity contribution in [2.75, 3.05) is 20.3 Å². The SMILES string of the molecule is CCOC(=O)N1CCc2cc(OC)c(O)cc2[C@H]1Cc1ccc(OCc2ccccc2)cc1. The highest BCUT2D eigenvalue weighted by Gasteiger charge is 2.33. The lowest BCUT2D eigenvalue weighted by molar-refractivity contribution is 0.0863. The molecule has 4 rings (SSSR count). The number of phenols is 1. The van der Waals surface area contributed by atoms with E-state index in [-0.39, 0.29) is 17.9 Å². The van der Waals surface area contributed by atoms with Crippen LogP contribution in [0, 0.1) is 0 Å². The van der Waals surface area contributed by atoms with Gasteiger partial charge >= 0.3 is 6.09 Å². The Kier molecular flexibility index (Phi) is 7.03. The van der Waals surface area contributed by atoms with Crippen molar-refractivity contribution in [1.82, 2.24) is 4.90 Å². The molecule has 1 atom stereocenters. The normalized spacial score (nSPS) is 15.0. The number of hydrogen-bond acceptors (Lipinski definition) is 5. The van der Waals surface area contributed by atoms with E-state index in [1.165, 1.54) is 7.11 Å². The maximum absolute atomic E-state index is 12.7. The molecule has 0 aromatic heterocycles. The van der Waals surface area contributed by atoms with Crippen LogP contribution in [0.4, 0.5) is 4.79 Å². The second-order valence-corrected chi connectivity index (χ2v) is 8.00. The van der Waals surface area contributed by atoms with Crippen molar-refractivity contribution < 1.29 is 24.1 Å². The monoisotopic (exact) mass is 447 g/mol. The van der Waals surface area contributed by atoms with Crippen LogP contribution in [0.2, 0.25) is 0 Å². The molecule has 33 heavy (non-hydrogen) atoms. The summed E-state index contributed by atoms with van der Waals surface area (Å²) in [5.41, 5.74) is 4.15. The predicted octanol–water partition coefficient (Wildman–Crippen LogP) is 5.28. The summed E-state index contributed by atoms with van der Waals surface area (Å²) in [5.74, 6) is 1.30. The Morgan fingerprint density at radius 2 is 1.82 bits per heavy atom. The van der Waals surface area contributed by atoms with Crippen LogP contribution in [0.25, 0.3) is 0 Å². The number of ether oxygens (including phenoxy) is 3. The number of amides is 1. The third-order valence-corrected chi connectivity index (χ3v) is 5.90. The summed E-state index contributed by atoms with van der Waals surface area (Å²) in [7, 11) is 1.54. The van der Waals surface area contributed by atoms with Crippen LogP contribution < -0.4 is 9.47 Å². The van der Waals surface area contributed by atoms with E-state index in [0.29, 0.717) is 38.3 Å². The summed E-state index contributed by atoms with van der Waals surface area (Å²) >= 11 is 0. The highest BCUT2D eigenvalue weighted by atomic mass is 16.6. The topological polar surface area (TPSA) is 68.2 Å². The predicted molar refractivity (Wildman–Crippen MR) is 126 cm³/mol. The number of benzene rings is 3. The minimum atomic E-state index is -0.341. The molecule has 0 bridgehead atoms. The maximum atomic E-state index is 12.7. The molecule has 0 spiro atoms. The first-order valence-electron chi connectivity index (χ1n) is 11.2. The van der Waals surface area contributed by atoms with Gasteiger partial charge in [0.15, 0.2) is 11.5 Å². The van der Waals surface area contributed by atoms with Gasteiger partial charge < -0.3 is 24.2 Å². The molecule has 6 nitrogen and oxygen atoms in total. The molecular weight excluding hydrogens is 418 g/mol. The molecule has 0 unspecified atom stereocenters. The van der Waals surface area contributed by atoms with Crippen molar-refractivity contribution in [3.05, 3.63) is 89.0 Å². The summed E-state index contributed by atoms with van der Waals surface area (Å²) < 4.78 is 16.5. The summed E-state index contributed by atoms with van der Waals surface area (Å²) in [5, 5.41) is 10.4. The Hall–Kier alpha value is -3.67. The first-order valence-corrected chi connectivity index (χ1v) is 11.2. The Balaban J connectivity index is 1.54. The van der Waals surface area contributed by atoms with Gasteiger partial charge in [0.05, 0.1) is 19.8 Å². The molecule has 0 aliphatic carbocycles. The van der Waals surface area contributed by atoms with Gasteiger partial charge in [-0.1, -0.05) is 42.5 Å². The third-order valence-electron chi connectivity index (χ3n) is 5.90. The zero-order valence-electron chi connectivity index (χ0n) is 19.0. The lowest BCUT2D eigenvalue weighted by Crippen LogP contribution is -2.41. The van der Waals surface area contributed by atoms with Crippen molar-refractivity contribution >= 4 is 6.09 Å². The van der Waals surface area contributed by atoms with Gasteiger partial charge in [-0.05, 0) is 66.3 Å². The minimum Gasteiger partial charge on any atom is -0.504 e. The summed E-state index contributed by atoms with van der Waals surface area (Å²) in [4.78, 5) is 14.4. The van der Waals surface area contributed by atoms with Crippen LogP contribution in [0.1, 0.15) is 35.2 Å². The molecule has 172 valence electrons. The van der Waals surface area contributed by atoms with Gasteiger partial charge in [0.1, 0.15) is 12.4 Å². The number of phenolic OH excluding ortho intramolecular Hbond substituents is 1. The van der Waals surface area contributed by atoms with Crippen LogP contribution >= 0.6 is 0 Å². The first-order chi connectivity index (χ1) is 16.1. The van der Waals surface area contributed by atoms with Gasteiger partial charge in [0.2, 0.25) is 0 Å². The van der Waals surface area contributed by atoms with Crippen LogP contribution in [-0.2, 0) is 24.2 Å². The Labute approximate surface area is 194 Å². The second-order valence-electron chi connectivity index (χ2n) is 8.00. The van der Waals surface area contributed by atoms with Crippen molar-refractivity contribution in [1.29, 1.82) is 0 Å². The van der Waals surface area contributed by atoms with E-state index in [1.807, 2.05) is 60.7 Å². The Morgan fingerprint density at radius 3 is 2.52 bits per heavy atom. The smallest absolute Gasteiger partial charge is 0.410 e. The molecule has 1 aliphatic rings. The fourth-order valence-electron chi connectivity index (χ4n) is 4.21. The maximum Gasteiger partial charge on any atom is 0.410 e. The van der Waals surface area contributed by atoms with E-state index >= 15 is 0 Å². The highest BCUT2D eigenvalue weighted by molar-refractivity contribution is 5.69. The number of rotatable bonds is 7. The standard InChI is InChI=1S/C27H29NO5/c1-3-32-27(30)28-14-13-21-16-26(31-2)25(29)17-23(21)24(28)15-19-9-11-22(12-10-19)33-18-20-7-5-4-6-8-20/h4-12,16-17,24,29H,3,13-15,18H2,1-2H3/t24-/m1/s1. The quantitative estimate of drug-likeness (QED) is 0.534. The van der Waals surface area contributed by atoms with Gasteiger partial charge in [0.25, 0.3) is 0 Å². The van der Waals surface area contributed by atoms with Crippen molar-refractivity contribution in [3.63, 3.8) is 0 Å². The first kappa shape index (κ1) is 22.5. The minimum absolute atomic E-state index is 0.0663. The average molecular weight is 448 g/mol. The largest absolute Gasteiger partial charge is 0.504 e. The number of carbonyl (C=O) groups excluding carboxylic acids is 1. The lowest BCUT2D eigenvalue weighted by atomic mass is 9.88. The van der Waals surface area contributed by atoms with Gasteiger partial charge in [-0.3, -0.25) is 0 Å². The van der Waals surface area contributed by atoms with Gasteiger partial charge in [0, 0.05) is 6.54 Å².